The molecule has 0 spiro atoms. The number of nitrogens with zero attached hydrogens (tertiary/aromatic N) is 1. The number of rotatable bonds is 2. The molecule has 18 heavy (non-hydrogen) atoms. The molecule has 4 heteroatoms. The van der Waals surface area contributed by atoms with Crippen LogP contribution in [0, 0.1) is 0 Å². The molecule has 1 saturated carbocycles. The van der Waals surface area contributed by atoms with E-state index >= 15 is 0 Å². The van der Waals surface area contributed by atoms with E-state index in [0.29, 0.717) is 0 Å². The zero-order valence-corrected chi connectivity index (χ0v) is 11.1. The smallest absolute Gasteiger partial charge is 0.269 e. The first-order valence-corrected chi connectivity index (χ1v) is 7.27. The van der Waals surface area contributed by atoms with Crippen molar-refractivity contribution >= 4 is 21.6 Å². The minimum atomic E-state index is -0.348. The average molecular weight is 263 g/mol. The van der Waals surface area contributed by atoms with Gasteiger partial charge in [-0.25, -0.2) is 0 Å². The van der Waals surface area contributed by atoms with Crippen LogP contribution >= 0.6 is 11.5 Å². The van der Waals surface area contributed by atoms with E-state index in [1.165, 1.54) is 18.0 Å². The maximum absolute atomic E-state index is 12.5. The SMILES string of the molecule is O=c1c2ccccc2sn1C1(CO)CCCCC1. The lowest BCUT2D eigenvalue weighted by molar-refractivity contribution is 0.0978. The maximum atomic E-state index is 12.5. The Morgan fingerprint density at radius 1 is 1.22 bits per heavy atom. The summed E-state index contributed by atoms with van der Waals surface area (Å²) < 4.78 is 2.84. The van der Waals surface area contributed by atoms with Crippen molar-refractivity contribution in [1.82, 2.24) is 3.96 Å². The molecule has 1 aromatic heterocycles. The third-order valence-corrected chi connectivity index (χ3v) is 5.29. The summed E-state index contributed by atoms with van der Waals surface area (Å²) in [6, 6.07) is 7.70. The Kier molecular flexibility index (Phi) is 2.99. The lowest BCUT2D eigenvalue weighted by Gasteiger charge is -2.35. The molecule has 0 radical (unpaired) electrons. The summed E-state index contributed by atoms with van der Waals surface area (Å²) in [5.41, 5.74) is -0.287. The van der Waals surface area contributed by atoms with E-state index in [2.05, 4.69) is 0 Å². The summed E-state index contributed by atoms with van der Waals surface area (Å²) in [7, 11) is 0. The highest BCUT2D eigenvalue weighted by Gasteiger charge is 2.35. The van der Waals surface area contributed by atoms with Gasteiger partial charge in [-0.3, -0.25) is 8.75 Å². The van der Waals surface area contributed by atoms with Crippen LogP contribution in [0.3, 0.4) is 0 Å². The fourth-order valence-electron chi connectivity index (χ4n) is 2.92. The first-order valence-electron chi connectivity index (χ1n) is 6.49. The van der Waals surface area contributed by atoms with Crippen LogP contribution in [0.15, 0.2) is 29.1 Å². The first kappa shape index (κ1) is 11.9. The second kappa shape index (κ2) is 4.52. The lowest BCUT2D eigenvalue weighted by atomic mass is 9.83. The van der Waals surface area contributed by atoms with E-state index in [4.69, 9.17) is 0 Å². The van der Waals surface area contributed by atoms with E-state index < -0.39 is 0 Å². The molecule has 1 N–H and O–H groups in total. The highest BCUT2D eigenvalue weighted by Crippen LogP contribution is 2.36. The van der Waals surface area contributed by atoms with Crippen LogP contribution in [0.5, 0.6) is 0 Å². The molecule has 0 aliphatic heterocycles. The molecule has 1 heterocycles. The second-order valence-corrected chi connectivity index (χ2v) is 6.12. The minimum absolute atomic E-state index is 0.0616. The standard InChI is InChI=1S/C14H17NO2S/c16-10-14(8-4-1-5-9-14)15-13(17)11-6-2-3-7-12(11)18-15/h2-3,6-7,16H,1,4-5,8-10H2. The Balaban J connectivity index is 2.18. The summed E-state index contributed by atoms with van der Waals surface area (Å²) >= 11 is 1.50. The third kappa shape index (κ3) is 1.71. The van der Waals surface area contributed by atoms with Gasteiger partial charge in [0.15, 0.2) is 0 Å². The van der Waals surface area contributed by atoms with Gasteiger partial charge >= 0.3 is 0 Å². The van der Waals surface area contributed by atoms with Crippen LogP contribution in [0.4, 0.5) is 0 Å². The van der Waals surface area contributed by atoms with Crippen LogP contribution in [-0.2, 0) is 5.54 Å². The molecule has 96 valence electrons. The summed E-state index contributed by atoms with van der Waals surface area (Å²) in [6.07, 6.45) is 5.23. The van der Waals surface area contributed by atoms with Gasteiger partial charge in [-0.2, -0.15) is 0 Å². The molecule has 0 amide bonds. The molecule has 0 bridgehead atoms. The normalized spacial score (nSPS) is 19.2. The molecule has 3 nitrogen and oxygen atoms in total. The van der Waals surface area contributed by atoms with Crippen molar-refractivity contribution in [2.45, 2.75) is 37.6 Å². The van der Waals surface area contributed by atoms with Crippen molar-refractivity contribution in [2.75, 3.05) is 6.61 Å². The summed E-state index contributed by atoms with van der Waals surface area (Å²) in [6.45, 7) is 0.0692. The van der Waals surface area contributed by atoms with Gasteiger partial charge in [-0.1, -0.05) is 42.9 Å². The number of fused-ring (bicyclic) bond motifs is 1. The summed E-state index contributed by atoms with van der Waals surface area (Å²) in [5.74, 6) is 0. The van der Waals surface area contributed by atoms with Gasteiger partial charge in [-0.15, -0.1) is 0 Å². The predicted octanol–water partition coefficient (Wildman–Crippen LogP) is 2.71. The van der Waals surface area contributed by atoms with Crippen molar-refractivity contribution in [2.24, 2.45) is 0 Å². The largest absolute Gasteiger partial charge is 0.394 e. The van der Waals surface area contributed by atoms with Crippen molar-refractivity contribution < 1.29 is 5.11 Å². The quantitative estimate of drug-likeness (QED) is 0.905. The van der Waals surface area contributed by atoms with Gasteiger partial charge in [0, 0.05) is 0 Å². The van der Waals surface area contributed by atoms with Crippen LogP contribution in [-0.4, -0.2) is 15.7 Å². The Bertz CT molecular complexity index is 608. The van der Waals surface area contributed by atoms with Crippen molar-refractivity contribution in [3.63, 3.8) is 0 Å². The van der Waals surface area contributed by atoms with Gasteiger partial charge in [0.2, 0.25) is 0 Å². The Morgan fingerprint density at radius 3 is 2.61 bits per heavy atom. The molecule has 1 aromatic carbocycles. The van der Waals surface area contributed by atoms with Crippen LogP contribution in [0.2, 0.25) is 0 Å². The van der Waals surface area contributed by atoms with E-state index in [1.807, 2.05) is 28.2 Å². The van der Waals surface area contributed by atoms with E-state index in [-0.39, 0.29) is 17.7 Å². The lowest BCUT2D eigenvalue weighted by Crippen LogP contribution is -2.43. The van der Waals surface area contributed by atoms with Crippen molar-refractivity contribution in [1.29, 1.82) is 0 Å². The number of aliphatic hydroxyl groups is 1. The van der Waals surface area contributed by atoms with Crippen LogP contribution < -0.4 is 5.56 Å². The molecule has 0 atom stereocenters. The summed E-state index contributed by atoms with van der Waals surface area (Å²) in [4.78, 5) is 12.5. The molecular weight excluding hydrogens is 246 g/mol. The predicted molar refractivity (Wildman–Crippen MR) is 74.2 cm³/mol. The van der Waals surface area contributed by atoms with Gasteiger partial charge in [-0.05, 0) is 25.0 Å². The number of aromatic nitrogens is 1. The number of benzene rings is 1. The molecular formula is C14H17NO2S. The molecule has 0 unspecified atom stereocenters. The van der Waals surface area contributed by atoms with Crippen molar-refractivity contribution in [3.05, 3.63) is 34.6 Å². The molecule has 1 fully saturated rings. The van der Waals surface area contributed by atoms with Crippen LogP contribution in [0.1, 0.15) is 32.1 Å². The number of hydrogen-bond acceptors (Lipinski definition) is 3. The topological polar surface area (TPSA) is 42.2 Å². The Morgan fingerprint density at radius 2 is 1.94 bits per heavy atom. The first-order chi connectivity index (χ1) is 8.77. The molecule has 3 rings (SSSR count). The maximum Gasteiger partial charge on any atom is 0.269 e. The van der Waals surface area contributed by atoms with Gasteiger partial charge < -0.3 is 5.11 Å². The molecule has 1 aliphatic carbocycles. The Labute approximate surface area is 110 Å². The van der Waals surface area contributed by atoms with Gasteiger partial charge in [0.05, 0.1) is 22.2 Å². The minimum Gasteiger partial charge on any atom is -0.394 e. The number of hydrogen-bond donors (Lipinski definition) is 1. The fourth-order valence-corrected chi connectivity index (χ4v) is 4.12. The number of aliphatic hydroxyl groups excluding tert-OH is 1. The highest BCUT2D eigenvalue weighted by molar-refractivity contribution is 7.13. The zero-order chi connectivity index (χ0) is 12.6. The Hall–Kier alpha value is -1.13. The van der Waals surface area contributed by atoms with E-state index in [0.717, 1.165) is 35.8 Å². The second-order valence-electron chi connectivity index (χ2n) is 5.13. The summed E-state index contributed by atoms with van der Waals surface area (Å²) in [5, 5.41) is 10.6. The van der Waals surface area contributed by atoms with E-state index in [9.17, 15) is 9.90 Å². The van der Waals surface area contributed by atoms with Gasteiger partial charge in [0.1, 0.15) is 0 Å². The monoisotopic (exact) mass is 263 g/mol. The van der Waals surface area contributed by atoms with Gasteiger partial charge in [0.25, 0.3) is 5.56 Å². The average Bonchev–Trinajstić information content (AvgIpc) is 2.78. The zero-order valence-electron chi connectivity index (χ0n) is 10.3. The van der Waals surface area contributed by atoms with Crippen molar-refractivity contribution in [3.8, 4) is 0 Å². The van der Waals surface area contributed by atoms with E-state index in [1.54, 1.807) is 0 Å². The molecule has 2 aromatic rings. The fraction of sp³-hybridized carbons (Fsp3) is 0.500. The van der Waals surface area contributed by atoms with Crippen LogP contribution in [0.25, 0.3) is 10.1 Å². The third-order valence-electron chi connectivity index (χ3n) is 4.00. The highest BCUT2D eigenvalue weighted by atomic mass is 32.1. The molecule has 0 saturated heterocycles. The molecule has 1 aliphatic rings.